The minimum absolute atomic E-state index is 0.349. The van der Waals surface area contributed by atoms with Crippen molar-refractivity contribution in [2.24, 2.45) is 0 Å². The number of aromatic hydroxyl groups is 2. The van der Waals surface area contributed by atoms with E-state index in [9.17, 15) is 10.2 Å². The molecule has 20 heavy (non-hydrogen) atoms. The summed E-state index contributed by atoms with van der Waals surface area (Å²) in [5.41, 5.74) is 1.94. The van der Waals surface area contributed by atoms with Crippen LogP contribution in [-0.4, -0.2) is 10.2 Å². The van der Waals surface area contributed by atoms with Gasteiger partial charge in [-0.2, -0.15) is 0 Å². The number of allylic oxidation sites excluding steroid dienone is 1. The molecular formula is C18H22O2. The number of phenols is 2. The smallest absolute Gasteiger partial charge is 0.119 e. The molecular weight excluding hydrogens is 248 g/mol. The van der Waals surface area contributed by atoms with Gasteiger partial charge in [-0.3, -0.25) is 0 Å². The molecule has 0 aromatic heterocycles. The minimum Gasteiger partial charge on any atom is -0.508 e. The first kappa shape index (κ1) is 15.8. The quantitative estimate of drug-likeness (QED) is 0.798. The molecule has 0 unspecified atom stereocenters. The fraction of sp³-hybridized carbons (Fsp3) is 0.222. The van der Waals surface area contributed by atoms with E-state index in [2.05, 4.69) is 20.4 Å². The van der Waals surface area contributed by atoms with Crippen molar-refractivity contribution in [2.45, 2.75) is 26.2 Å². The number of hydrogen-bond acceptors (Lipinski definition) is 2. The lowest BCUT2D eigenvalue weighted by molar-refractivity contribution is 0.465. The Morgan fingerprint density at radius 2 is 1.50 bits per heavy atom. The zero-order valence-corrected chi connectivity index (χ0v) is 12.1. The van der Waals surface area contributed by atoms with Gasteiger partial charge in [-0.15, -0.1) is 6.58 Å². The van der Waals surface area contributed by atoms with Gasteiger partial charge in [-0.05, 0) is 35.6 Å². The Labute approximate surface area is 121 Å². The molecule has 0 saturated heterocycles. The van der Waals surface area contributed by atoms with Crippen molar-refractivity contribution in [3.8, 4) is 11.5 Å². The Balaban J connectivity index is 0.000000200. The number of phenolic OH excluding ortho intramolecular Hbond substituents is 2. The van der Waals surface area contributed by atoms with Gasteiger partial charge >= 0.3 is 0 Å². The van der Waals surface area contributed by atoms with Crippen LogP contribution in [0.4, 0.5) is 0 Å². The van der Waals surface area contributed by atoms with Crippen molar-refractivity contribution in [3.63, 3.8) is 0 Å². The average molecular weight is 270 g/mol. The molecule has 2 nitrogen and oxygen atoms in total. The van der Waals surface area contributed by atoms with Gasteiger partial charge in [0.15, 0.2) is 0 Å². The van der Waals surface area contributed by atoms with E-state index in [0.717, 1.165) is 17.5 Å². The zero-order valence-electron chi connectivity index (χ0n) is 12.1. The Hall–Kier alpha value is -2.22. The maximum absolute atomic E-state index is 9.28. The molecule has 0 spiro atoms. The van der Waals surface area contributed by atoms with Gasteiger partial charge < -0.3 is 10.2 Å². The molecule has 0 aliphatic rings. The molecule has 0 amide bonds. The number of rotatable bonds is 3. The second-order valence-corrected chi connectivity index (χ2v) is 4.84. The van der Waals surface area contributed by atoms with Gasteiger partial charge in [0, 0.05) is 0 Å². The highest BCUT2D eigenvalue weighted by atomic mass is 16.3. The molecule has 2 rings (SSSR count). The molecule has 0 bridgehead atoms. The summed E-state index contributed by atoms with van der Waals surface area (Å²) in [6.45, 7) is 7.72. The van der Waals surface area contributed by atoms with Crippen molar-refractivity contribution in [1.29, 1.82) is 0 Å². The highest BCUT2D eigenvalue weighted by molar-refractivity contribution is 5.34. The molecule has 0 aliphatic carbocycles. The lowest BCUT2D eigenvalue weighted by Gasteiger charge is -2.05. The molecule has 106 valence electrons. The van der Waals surface area contributed by atoms with Gasteiger partial charge in [-0.1, -0.05) is 56.3 Å². The summed E-state index contributed by atoms with van der Waals surface area (Å²) < 4.78 is 0. The Morgan fingerprint density at radius 3 is 1.95 bits per heavy atom. The third-order valence-electron chi connectivity index (χ3n) is 2.91. The van der Waals surface area contributed by atoms with Crippen molar-refractivity contribution < 1.29 is 10.2 Å². The van der Waals surface area contributed by atoms with Crippen LogP contribution in [0.25, 0.3) is 0 Å². The first-order valence-electron chi connectivity index (χ1n) is 6.72. The van der Waals surface area contributed by atoms with Crippen LogP contribution in [0.5, 0.6) is 11.5 Å². The maximum Gasteiger partial charge on any atom is 0.119 e. The van der Waals surface area contributed by atoms with E-state index in [1.165, 1.54) is 0 Å². The molecule has 0 saturated carbocycles. The van der Waals surface area contributed by atoms with Crippen LogP contribution in [0, 0.1) is 0 Å². The van der Waals surface area contributed by atoms with Gasteiger partial charge in [0.05, 0.1) is 0 Å². The lowest BCUT2D eigenvalue weighted by atomic mass is 10.0. The van der Waals surface area contributed by atoms with E-state index in [0.29, 0.717) is 17.4 Å². The van der Waals surface area contributed by atoms with E-state index in [4.69, 9.17) is 0 Å². The normalized spacial score (nSPS) is 9.75. The number of hydrogen-bond donors (Lipinski definition) is 2. The van der Waals surface area contributed by atoms with Crippen LogP contribution in [0.15, 0.2) is 61.2 Å². The van der Waals surface area contributed by atoms with Gasteiger partial charge in [-0.25, -0.2) is 0 Å². The molecule has 2 aromatic carbocycles. The third kappa shape index (κ3) is 4.81. The summed E-state index contributed by atoms with van der Waals surface area (Å²) in [4.78, 5) is 0. The van der Waals surface area contributed by atoms with Crippen LogP contribution >= 0.6 is 0 Å². The first-order chi connectivity index (χ1) is 9.56. The predicted octanol–water partition coefficient (Wildman–Crippen LogP) is 4.64. The molecule has 2 heteroatoms. The minimum atomic E-state index is 0.349. The summed E-state index contributed by atoms with van der Waals surface area (Å²) >= 11 is 0. The summed E-state index contributed by atoms with van der Waals surface area (Å²) in [6, 6.07) is 14.7. The zero-order chi connectivity index (χ0) is 15.0. The van der Waals surface area contributed by atoms with Crippen LogP contribution < -0.4 is 0 Å². The van der Waals surface area contributed by atoms with E-state index < -0.39 is 0 Å². The molecule has 2 N–H and O–H groups in total. The Kier molecular flexibility index (Phi) is 6.38. The van der Waals surface area contributed by atoms with Crippen molar-refractivity contribution in [1.82, 2.24) is 0 Å². The Bertz CT molecular complexity index is 545. The summed E-state index contributed by atoms with van der Waals surface area (Å²) in [6.07, 6.45) is 2.50. The summed E-state index contributed by atoms with van der Waals surface area (Å²) in [5.74, 6) is 1.15. The fourth-order valence-corrected chi connectivity index (χ4v) is 1.81. The van der Waals surface area contributed by atoms with Crippen molar-refractivity contribution >= 4 is 0 Å². The summed E-state index contributed by atoms with van der Waals surface area (Å²) in [7, 11) is 0. The SMILES string of the molecule is C=CCc1ccccc1O.CC(C)c1ccccc1O. The van der Waals surface area contributed by atoms with E-state index in [1.807, 2.05) is 36.4 Å². The predicted molar refractivity (Wildman–Crippen MR) is 84.2 cm³/mol. The molecule has 0 heterocycles. The fourth-order valence-electron chi connectivity index (χ4n) is 1.81. The van der Waals surface area contributed by atoms with E-state index in [1.54, 1.807) is 18.2 Å². The highest BCUT2D eigenvalue weighted by Gasteiger charge is 2.02. The molecule has 0 atom stereocenters. The van der Waals surface area contributed by atoms with Gasteiger partial charge in [0.25, 0.3) is 0 Å². The number of para-hydroxylation sites is 2. The Morgan fingerprint density at radius 1 is 0.950 bits per heavy atom. The topological polar surface area (TPSA) is 40.5 Å². The van der Waals surface area contributed by atoms with E-state index in [-0.39, 0.29) is 0 Å². The molecule has 0 aliphatic heterocycles. The number of benzene rings is 2. The third-order valence-corrected chi connectivity index (χ3v) is 2.91. The molecule has 2 aromatic rings. The highest BCUT2D eigenvalue weighted by Crippen LogP contribution is 2.23. The standard InChI is InChI=1S/C9H12O.C9H10O/c1-7(2)8-5-3-4-6-9(8)10;1-2-5-8-6-3-4-7-9(8)10/h3-7,10H,1-2H3;2-4,6-7,10H,1,5H2. The van der Waals surface area contributed by atoms with Gasteiger partial charge in [0.2, 0.25) is 0 Å². The maximum atomic E-state index is 9.28. The first-order valence-corrected chi connectivity index (χ1v) is 6.72. The van der Waals surface area contributed by atoms with Crippen LogP contribution in [0.3, 0.4) is 0 Å². The second-order valence-electron chi connectivity index (χ2n) is 4.84. The molecule has 0 fully saturated rings. The van der Waals surface area contributed by atoms with E-state index >= 15 is 0 Å². The summed E-state index contributed by atoms with van der Waals surface area (Å²) in [5, 5.41) is 18.5. The lowest BCUT2D eigenvalue weighted by Crippen LogP contribution is -1.85. The van der Waals surface area contributed by atoms with Crippen molar-refractivity contribution in [3.05, 3.63) is 72.3 Å². The molecule has 0 radical (unpaired) electrons. The van der Waals surface area contributed by atoms with Crippen LogP contribution in [-0.2, 0) is 6.42 Å². The van der Waals surface area contributed by atoms with Crippen molar-refractivity contribution in [2.75, 3.05) is 0 Å². The monoisotopic (exact) mass is 270 g/mol. The van der Waals surface area contributed by atoms with Gasteiger partial charge in [0.1, 0.15) is 11.5 Å². The van der Waals surface area contributed by atoms with Crippen LogP contribution in [0.2, 0.25) is 0 Å². The van der Waals surface area contributed by atoms with Crippen LogP contribution in [0.1, 0.15) is 30.9 Å². The largest absolute Gasteiger partial charge is 0.508 e. The second kappa shape index (κ2) is 8.05. The average Bonchev–Trinajstić information content (AvgIpc) is 2.42.